The highest BCUT2D eigenvalue weighted by Crippen LogP contribution is 2.27. The second kappa shape index (κ2) is 5.85. The molecule has 1 saturated heterocycles. The van der Waals surface area contributed by atoms with Crippen molar-refractivity contribution in [2.75, 3.05) is 11.9 Å². The monoisotopic (exact) mass is 331 g/mol. The number of carbonyl (C=O) groups is 3. The Morgan fingerprint density at radius 3 is 2.62 bits per heavy atom. The van der Waals surface area contributed by atoms with Crippen molar-refractivity contribution in [1.29, 1.82) is 0 Å². The number of nitrogens with two attached hydrogens (primary N) is 2. The molecule has 1 fully saturated rings. The molecule has 0 unspecified atom stereocenters. The van der Waals surface area contributed by atoms with Crippen molar-refractivity contribution >= 4 is 34.6 Å². The van der Waals surface area contributed by atoms with E-state index in [0.29, 0.717) is 16.6 Å². The Bertz CT molecular complexity index is 830. The van der Waals surface area contributed by atoms with Crippen LogP contribution < -0.4 is 16.8 Å². The van der Waals surface area contributed by atoms with E-state index in [1.54, 1.807) is 24.3 Å². The summed E-state index contributed by atoms with van der Waals surface area (Å²) in [5, 5.41) is 12.5. The maximum absolute atomic E-state index is 12.5. The molecule has 1 aliphatic rings. The quantitative estimate of drug-likeness (QED) is 0.636. The number of aromatic nitrogens is 1. The first kappa shape index (κ1) is 15.8. The van der Waals surface area contributed by atoms with E-state index in [1.807, 2.05) is 0 Å². The van der Waals surface area contributed by atoms with Crippen LogP contribution in [0, 0.1) is 0 Å². The number of nitrogens with one attached hydrogen (secondary N) is 1. The van der Waals surface area contributed by atoms with Crippen molar-refractivity contribution in [3.63, 3.8) is 0 Å². The van der Waals surface area contributed by atoms with Crippen molar-refractivity contribution in [2.24, 2.45) is 11.5 Å². The zero-order chi connectivity index (χ0) is 17.4. The smallest absolute Gasteiger partial charge is 0.326 e. The maximum Gasteiger partial charge on any atom is 0.326 e. The van der Waals surface area contributed by atoms with Crippen LogP contribution in [-0.4, -0.2) is 51.2 Å². The molecule has 2 aromatic rings. The topological polar surface area (TPSA) is 144 Å². The molecule has 6 N–H and O–H groups in total. The number of anilines is 1. The van der Waals surface area contributed by atoms with E-state index in [-0.39, 0.29) is 19.0 Å². The predicted molar refractivity (Wildman–Crippen MR) is 86.7 cm³/mol. The molecule has 0 spiro atoms. The Morgan fingerprint density at radius 1 is 1.25 bits per heavy atom. The number of carbonyl (C=O) groups excluding carboxylic acids is 2. The minimum absolute atomic E-state index is 0.150. The Morgan fingerprint density at radius 2 is 1.96 bits per heavy atom. The van der Waals surface area contributed by atoms with Gasteiger partial charge in [0.2, 0.25) is 0 Å². The standard InChI is InChI=1S/C15H17N5O4/c16-8-5-12(13(21)22)20(6-8)15(24)18-10-7-19(14(17)23)11-4-2-1-3-9(10)11/h1-4,7-8,12H,5-6,16H2,(H2,17,23)(H,18,24)(H,21,22)/t8-,12-/m0/s1. The average molecular weight is 331 g/mol. The van der Waals surface area contributed by atoms with Gasteiger partial charge in [0.25, 0.3) is 0 Å². The number of para-hydroxylation sites is 1. The van der Waals surface area contributed by atoms with Crippen molar-refractivity contribution in [3.05, 3.63) is 30.5 Å². The third-order valence-corrected chi connectivity index (χ3v) is 4.07. The van der Waals surface area contributed by atoms with Gasteiger partial charge in [-0.05, 0) is 12.5 Å². The molecule has 1 aromatic carbocycles. The SMILES string of the molecule is NC(=O)n1cc(NC(=O)N2C[C@@H](N)C[C@H]2C(=O)O)c2ccccc21. The molecule has 3 rings (SSSR count). The van der Waals surface area contributed by atoms with E-state index in [9.17, 15) is 19.5 Å². The summed E-state index contributed by atoms with van der Waals surface area (Å²) < 4.78 is 1.22. The molecular weight excluding hydrogens is 314 g/mol. The predicted octanol–water partition coefficient (Wildman–Crippen LogP) is 0.586. The van der Waals surface area contributed by atoms with Crippen molar-refractivity contribution in [2.45, 2.75) is 18.5 Å². The third kappa shape index (κ3) is 2.65. The minimum atomic E-state index is -1.10. The molecule has 3 amide bonds. The van der Waals surface area contributed by atoms with Gasteiger partial charge in [0.1, 0.15) is 6.04 Å². The number of carboxylic acids is 1. The molecule has 0 saturated carbocycles. The molecule has 126 valence electrons. The number of nitrogens with zero attached hydrogens (tertiary/aromatic N) is 2. The molecule has 0 bridgehead atoms. The van der Waals surface area contributed by atoms with Crippen molar-refractivity contribution in [3.8, 4) is 0 Å². The molecule has 2 heterocycles. The first-order valence-corrected chi connectivity index (χ1v) is 7.34. The van der Waals surface area contributed by atoms with Crippen LogP contribution in [0.3, 0.4) is 0 Å². The van der Waals surface area contributed by atoms with E-state index in [1.165, 1.54) is 15.7 Å². The summed E-state index contributed by atoms with van der Waals surface area (Å²) in [6.07, 6.45) is 1.61. The van der Waals surface area contributed by atoms with Crippen molar-refractivity contribution < 1.29 is 19.5 Å². The van der Waals surface area contributed by atoms with Gasteiger partial charge in [-0.2, -0.15) is 0 Å². The van der Waals surface area contributed by atoms with Crippen LogP contribution in [0.4, 0.5) is 15.3 Å². The summed E-state index contributed by atoms with van der Waals surface area (Å²) in [6.45, 7) is 0.150. The number of urea groups is 1. The van der Waals surface area contributed by atoms with Gasteiger partial charge in [0.05, 0.1) is 11.2 Å². The fourth-order valence-corrected chi connectivity index (χ4v) is 2.98. The largest absolute Gasteiger partial charge is 0.480 e. The lowest BCUT2D eigenvalue weighted by atomic mass is 10.2. The third-order valence-electron chi connectivity index (χ3n) is 4.07. The molecule has 0 radical (unpaired) electrons. The number of primary amides is 1. The van der Waals surface area contributed by atoms with Crippen LogP contribution in [0.25, 0.3) is 10.9 Å². The van der Waals surface area contributed by atoms with E-state index < -0.39 is 24.1 Å². The van der Waals surface area contributed by atoms with Crippen LogP contribution in [0.1, 0.15) is 6.42 Å². The molecule has 2 atom stereocenters. The van der Waals surface area contributed by atoms with Gasteiger partial charge >= 0.3 is 18.0 Å². The van der Waals surface area contributed by atoms with E-state index in [2.05, 4.69) is 5.32 Å². The summed E-state index contributed by atoms with van der Waals surface area (Å²) in [5.74, 6) is -1.10. The maximum atomic E-state index is 12.5. The highest BCUT2D eigenvalue weighted by atomic mass is 16.4. The fraction of sp³-hybridized carbons (Fsp3) is 0.267. The molecule has 9 heteroatoms. The number of hydrogen-bond donors (Lipinski definition) is 4. The molecule has 24 heavy (non-hydrogen) atoms. The van der Waals surface area contributed by atoms with Gasteiger partial charge < -0.3 is 26.8 Å². The van der Waals surface area contributed by atoms with E-state index in [0.717, 1.165) is 0 Å². The second-order valence-corrected chi connectivity index (χ2v) is 5.70. The summed E-state index contributed by atoms with van der Waals surface area (Å²) >= 11 is 0. The van der Waals surface area contributed by atoms with Gasteiger partial charge in [-0.25, -0.2) is 14.4 Å². The lowest BCUT2D eigenvalue weighted by Crippen LogP contribution is -2.43. The normalized spacial score (nSPS) is 20.3. The molecule has 1 aliphatic heterocycles. The van der Waals surface area contributed by atoms with Crippen LogP contribution in [0.5, 0.6) is 0 Å². The molecule has 0 aliphatic carbocycles. The van der Waals surface area contributed by atoms with Crippen molar-refractivity contribution in [1.82, 2.24) is 9.47 Å². The fourth-order valence-electron chi connectivity index (χ4n) is 2.98. The Hall–Kier alpha value is -3.07. The van der Waals surface area contributed by atoms with Gasteiger partial charge in [-0.1, -0.05) is 18.2 Å². The Kier molecular flexibility index (Phi) is 3.86. The van der Waals surface area contributed by atoms with Crippen LogP contribution in [0.2, 0.25) is 0 Å². The molecule has 1 aromatic heterocycles. The number of hydrogen-bond acceptors (Lipinski definition) is 4. The van der Waals surface area contributed by atoms with Gasteiger partial charge in [-0.3, -0.25) is 4.57 Å². The number of rotatable bonds is 2. The lowest BCUT2D eigenvalue weighted by Gasteiger charge is -2.21. The number of fused-ring (bicyclic) bond motifs is 1. The van der Waals surface area contributed by atoms with E-state index >= 15 is 0 Å². The number of likely N-dealkylation sites (tertiary alicyclic amines) is 1. The molecule has 9 nitrogen and oxygen atoms in total. The summed E-state index contributed by atoms with van der Waals surface area (Å²) in [6, 6.07) is 4.31. The number of carboxylic acid groups (broad SMARTS) is 1. The number of benzene rings is 1. The van der Waals surface area contributed by atoms with E-state index in [4.69, 9.17) is 11.5 Å². The number of aliphatic carboxylic acids is 1. The Balaban J connectivity index is 1.91. The second-order valence-electron chi connectivity index (χ2n) is 5.70. The zero-order valence-corrected chi connectivity index (χ0v) is 12.7. The summed E-state index contributed by atoms with van der Waals surface area (Å²) in [5.41, 5.74) is 12.0. The Labute approximate surface area is 136 Å². The van der Waals surface area contributed by atoms with Crippen LogP contribution >= 0.6 is 0 Å². The first-order valence-electron chi connectivity index (χ1n) is 7.34. The summed E-state index contributed by atoms with van der Waals surface area (Å²) in [7, 11) is 0. The first-order chi connectivity index (χ1) is 11.4. The van der Waals surface area contributed by atoms with Crippen LogP contribution in [0.15, 0.2) is 30.5 Å². The highest BCUT2D eigenvalue weighted by molar-refractivity contribution is 6.05. The van der Waals surface area contributed by atoms with Gasteiger partial charge in [-0.15, -0.1) is 0 Å². The minimum Gasteiger partial charge on any atom is -0.480 e. The van der Waals surface area contributed by atoms with Gasteiger partial charge in [0, 0.05) is 24.2 Å². The zero-order valence-electron chi connectivity index (χ0n) is 12.7. The lowest BCUT2D eigenvalue weighted by molar-refractivity contribution is -0.141. The van der Waals surface area contributed by atoms with Crippen LogP contribution in [-0.2, 0) is 4.79 Å². The van der Waals surface area contributed by atoms with Gasteiger partial charge in [0.15, 0.2) is 0 Å². The number of amides is 3. The molecular formula is C15H17N5O4. The highest BCUT2D eigenvalue weighted by Gasteiger charge is 2.38. The summed E-state index contributed by atoms with van der Waals surface area (Å²) in [4.78, 5) is 36.5. The average Bonchev–Trinajstić information content (AvgIpc) is 3.09.